The van der Waals surface area contributed by atoms with Crippen LogP contribution in [0.4, 0.5) is 4.39 Å². The molecule has 1 aromatic heterocycles. The fourth-order valence-corrected chi connectivity index (χ4v) is 3.39. The lowest BCUT2D eigenvalue weighted by molar-refractivity contribution is -0.120. The van der Waals surface area contributed by atoms with Crippen molar-refractivity contribution in [3.63, 3.8) is 0 Å². The summed E-state index contributed by atoms with van der Waals surface area (Å²) in [4.78, 5) is 23.9. The third kappa shape index (κ3) is 3.16. The van der Waals surface area contributed by atoms with E-state index in [1.165, 1.54) is 12.1 Å². The van der Waals surface area contributed by atoms with Crippen LogP contribution in [0.3, 0.4) is 0 Å². The second-order valence-corrected chi connectivity index (χ2v) is 6.34. The number of rotatable bonds is 4. The second-order valence-electron chi connectivity index (χ2n) is 4.91. The van der Waals surface area contributed by atoms with E-state index in [1.54, 1.807) is 6.07 Å². The summed E-state index contributed by atoms with van der Waals surface area (Å²) in [6, 6.07) is 4.43. The minimum absolute atomic E-state index is 0.0890. The van der Waals surface area contributed by atoms with E-state index < -0.39 is 5.91 Å². The molecule has 2 amide bonds. The first kappa shape index (κ1) is 14.3. The van der Waals surface area contributed by atoms with Crippen molar-refractivity contribution < 1.29 is 14.0 Å². The Morgan fingerprint density at radius 1 is 1.38 bits per heavy atom. The van der Waals surface area contributed by atoms with E-state index in [-0.39, 0.29) is 34.2 Å². The van der Waals surface area contributed by atoms with Gasteiger partial charge in [-0.3, -0.25) is 9.59 Å². The number of carbonyl (C=O) groups is 2. The maximum absolute atomic E-state index is 13.2. The normalized spacial score (nSPS) is 14.2. The molecule has 1 heterocycles. The van der Waals surface area contributed by atoms with E-state index in [9.17, 15) is 14.0 Å². The van der Waals surface area contributed by atoms with E-state index in [1.807, 2.05) is 0 Å². The van der Waals surface area contributed by atoms with Crippen molar-refractivity contribution in [2.45, 2.75) is 18.9 Å². The first-order valence-electron chi connectivity index (χ1n) is 6.49. The van der Waals surface area contributed by atoms with Gasteiger partial charge in [-0.2, -0.15) is 0 Å². The molecule has 1 aromatic carbocycles. The summed E-state index contributed by atoms with van der Waals surface area (Å²) < 4.78 is 13.8. The molecule has 0 unspecified atom stereocenters. The Morgan fingerprint density at radius 2 is 2.14 bits per heavy atom. The molecular formula is C14H12ClFN2O2S. The highest BCUT2D eigenvalue weighted by Crippen LogP contribution is 2.35. The van der Waals surface area contributed by atoms with Crippen LogP contribution in [-0.4, -0.2) is 24.4 Å². The van der Waals surface area contributed by atoms with Crippen molar-refractivity contribution >= 4 is 44.8 Å². The number of thiophene rings is 1. The van der Waals surface area contributed by atoms with Gasteiger partial charge in [-0.05, 0) is 31.0 Å². The fourth-order valence-electron chi connectivity index (χ4n) is 1.93. The number of nitrogens with one attached hydrogen (secondary N) is 2. The topological polar surface area (TPSA) is 58.2 Å². The molecule has 0 atom stereocenters. The SMILES string of the molecule is O=C(CNC(=O)c1sc2cc(F)ccc2c1Cl)NC1CC1. The Hall–Kier alpha value is -1.66. The molecule has 0 radical (unpaired) electrons. The molecule has 21 heavy (non-hydrogen) atoms. The first-order chi connectivity index (χ1) is 10.0. The van der Waals surface area contributed by atoms with Gasteiger partial charge in [-0.15, -0.1) is 11.3 Å². The smallest absolute Gasteiger partial charge is 0.263 e. The molecule has 1 aliphatic carbocycles. The zero-order valence-electron chi connectivity index (χ0n) is 10.9. The molecule has 0 saturated heterocycles. The monoisotopic (exact) mass is 326 g/mol. The summed E-state index contributed by atoms with van der Waals surface area (Å²) in [7, 11) is 0. The van der Waals surface area contributed by atoms with Crippen LogP contribution in [0.2, 0.25) is 5.02 Å². The molecule has 110 valence electrons. The third-order valence-electron chi connectivity index (χ3n) is 3.15. The van der Waals surface area contributed by atoms with Gasteiger partial charge in [0, 0.05) is 16.1 Å². The Labute approximate surface area is 129 Å². The molecule has 4 nitrogen and oxygen atoms in total. The van der Waals surface area contributed by atoms with E-state index >= 15 is 0 Å². The van der Waals surface area contributed by atoms with Gasteiger partial charge in [0.15, 0.2) is 0 Å². The lowest BCUT2D eigenvalue weighted by Crippen LogP contribution is -2.37. The van der Waals surface area contributed by atoms with Gasteiger partial charge in [0.25, 0.3) is 5.91 Å². The van der Waals surface area contributed by atoms with Crippen LogP contribution in [0.15, 0.2) is 18.2 Å². The van der Waals surface area contributed by atoms with Gasteiger partial charge in [-0.25, -0.2) is 4.39 Å². The second kappa shape index (κ2) is 5.61. The zero-order valence-corrected chi connectivity index (χ0v) is 12.5. The standard InChI is InChI=1S/C14H12ClFN2O2S/c15-12-9-4-1-7(16)5-10(9)21-13(12)14(20)17-6-11(19)18-8-2-3-8/h1,4-5,8H,2-3,6H2,(H,17,20)(H,18,19). The minimum Gasteiger partial charge on any atom is -0.352 e. The van der Waals surface area contributed by atoms with Crippen LogP contribution in [0, 0.1) is 5.82 Å². The van der Waals surface area contributed by atoms with Gasteiger partial charge in [0.05, 0.1) is 11.6 Å². The van der Waals surface area contributed by atoms with E-state index in [0.717, 1.165) is 24.2 Å². The lowest BCUT2D eigenvalue weighted by Gasteiger charge is -2.04. The fraction of sp³-hybridized carbons (Fsp3) is 0.286. The number of benzene rings is 1. The summed E-state index contributed by atoms with van der Waals surface area (Å²) in [6.07, 6.45) is 1.99. The highest BCUT2D eigenvalue weighted by molar-refractivity contribution is 7.21. The van der Waals surface area contributed by atoms with Gasteiger partial charge in [0.1, 0.15) is 10.7 Å². The highest BCUT2D eigenvalue weighted by atomic mass is 35.5. The predicted octanol–water partition coefficient (Wildman–Crippen LogP) is 2.70. The average Bonchev–Trinajstić information content (AvgIpc) is 3.19. The van der Waals surface area contributed by atoms with Crippen molar-refractivity contribution in [2.75, 3.05) is 6.54 Å². The lowest BCUT2D eigenvalue weighted by atomic mass is 10.2. The van der Waals surface area contributed by atoms with Gasteiger partial charge < -0.3 is 10.6 Å². The number of halogens is 2. The summed E-state index contributed by atoms with van der Waals surface area (Å²) in [5, 5.41) is 6.23. The van der Waals surface area contributed by atoms with Crippen molar-refractivity contribution in [2.24, 2.45) is 0 Å². The molecule has 0 bridgehead atoms. The number of hydrogen-bond acceptors (Lipinski definition) is 3. The molecule has 2 aromatic rings. The third-order valence-corrected chi connectivity index (χ3v) is 4.81. The molecule has 2 N–H and O–H groups in total. The van der Waals surface area contributed by atoms with Crippen LogP contribution in [0.25, 0.3) is 10.1 Å². The van der Waals surface area contributed by atoms with Crippen molar-refractivity contribution in [1.29, 1.82) is 0 Å². The minimum atomic E-state index is -0.424. The highest BCUT2D eigenvalue weighted by Gasteiger charge is 2.24. The molecule has 3 rings (SSSR count). The summed E-state index contributed by atoms with van der Waals surface area (Å²) in [5.74, 6) is -1.02. The van der Waals surface area contributed by atoms with Crippen molar-refractivity contribution in [3.05, 3.63) is 33.9 Å². The average molecular weight is 327 g/mol. The maximum atomic E-state index is 13.2. The predicted molar refractivity (Wildman–Crippen MR) is 80.3 cm³/mol. The summed E-state index contributed by atoms with van der Waals surface area (Å²) >= 11 is 7.25. The number of hydrogen-bond donors (Lipinski definition) is 2. The number of amides is 2. The maximum Gasteiger partial charge on any atom is 0.263 e. The van der Waals surface area contributed by atoms with E-state index in [0.29, 0.717) is 10.1 Å². The Kier molecular flexibility index (Phi) is 3.82. The van der Waals surface area contributed by atoms with Gasteiger partial charge >= 0.3 is 0 Å². The molecule has 1 saturated carbocycles. The summed E-state index contributed by atoms with van der Waals surface area (Å²) in [5.41, 5.74) is 0. The van der Waals surface area contributed by atoms with Crippen molar-refractivity contribution in [3.8, 4) is 0 Å². The van der Waals surface area contributed by atoms with Crippen molar-refractivity contribution in [1.82, 2.24) is 10.6 Å². The quantitative estimate of drug-likeness (QED) is 0.907. The van der Waals surface area contributed by atoms with Crippen LogP contribution < -0.4 is 10.6 Å². The first-order valence-corrected chi connectivity index (χ1v) is 7.69. The number of fused-ring (bicyclic) bond motifs is 1. The molecule has 7 heteroatoms. The molecular weight excluding hydrogens is 315 g/mol. The van der Waals surface area contributed by atoms with Crippen LogP contribution >= 0.6 is 22.9 Å². The largest absolute Gasteiger partial charge is 0.352 e. The zero-order chi connectivity index (χ0) is 15.0. The molecule has 0 spiro atoms. The Bertz CT molecular complexity index is 727. The Balaban J connectivity index is 1.71. The Morgan fingerprint density at radius 3 is 2.86 bits per heavy atom. The van der Waals surface area contributed by atoms with E-state index in [4.69, 9.17) is 11.6 Å². The van der Waals surface area contributed by atoms with Gasteiger partial charge in [-0.1, -0.05) is 11.6 Å². The van der Waals surface area contributed by atoms with Crippen LogP contribution in [0.5, 0.6) is 0 Å². The van der Waals surface area contributed by atoms with E-state index in [2.05, 4.69) is 10.6 Å². The van der Waals surface area contributed by atoms with Crippen LogP contribution in [0.1, 0.15) is 22.5 Å². The molecule has 1 fully saturated rings. The molecule has 1 aliphatic rings. The number of carbonyl (C=O) groups excluding carboxylic acids is 2. The summed E-state index contributed by atoms with van der Waals surface area (Å²) in [6.45, 7) is -0.0890. The van der Waals surface area contributed by atoms with Crippen LogP contribution in [-0.2, 0) is 4.79 Å². The molecule has 0 aliphatic heterocycles. The van der Waals surface area contributed by atoms with Gasteiger partial charge in [0.2, 0.25) is 5.91 Å².